The number of hydrogen-bond acceptors (Lipinski definition) is 6. The molecule has 1 amide bonds. The van der Waals surface area contributed by atoms with Crippen molar-refractivity contribution in [2.75, 3.05) is 32.8 Å². The average molecular weight is 512 g/mol. The van der Waals surface area contributed by atoms with E-state index in [9.17, 15) is 10.1 Å². The van der Waals surface area contributed by atoms with Gasteiger partial charge in [-0.1, -0.05) is 18.2 Å². The van der Waals surface area contributed by atoms with Gasteiger partial charge in [0.25, 0.3) is 5.91 Å². The topological polar surface area (TPSA) is 104 Å². The fourth-order valence-electron chi connectivity index (χ4n) is 5.09. The number of fused-ring (bicyclic) bond motifs is 1. The Morgan fingerprint density at radius 3 is 2.66 bits per heavy atom. The summed E-state index contributed by atoms with van der Waals surface area (Å²) in [4.78, 5) is 23.9. The van der Waals surface area contributed by atoms with Crippen LogP contribution in [-0.2, 0) is 7.05 Å². The summed E-state index contributed by atoms with van der Waals surface area (Å²) in [6.07, 6.45) is 4.59. The zero-order valence-electron chi connectivity index (χ0n) is 27.1. The molecule has 1 atom stereocenters. The molecule has 0 radical (unpaired) electrons. The van der Waals surface area contributed by atoms with Crippen molar-refractivity contribution in [3.63, 3.8) is 0 Å². The first-order chi connectivity index (χ1) is 20.7. The van der Waals surface area contributed by atoms with Crippen LogP contribution in [-0.4, -0.2) is 57.3 Å². The van der Waals surface area contributed by atoms with E-state index in [0.29, 0.717) is 12.1 Å². The number of carbonyl (C=O) groups is 1. The Morgan fingerprint density at radius 1 is 1.18 bits per heavy atom. The molecule has 0 aliphatic carbocycles. The van der Waals surface area contributed by atoms with Gasteiger partial charge in [0.05, 0.1) is 0 Å². The molecule has 0 bridgehead atoms. The lowest BCUT2D eigenvalue weighted by atomic mass is 9.97. The van der Waals surface area contributed by atoms with Crippen LogP contribution in [0.15, 0.2) is 60.8 Å². The highest BCUT2D eigenvalue weighted by Crippen LogP contribution is 2.35. The number of aromatic nitrogens is 3. The predicted octanol–water partition coefficient (Wildman–Crippen LogP) is 4.64. The Kier molecular flexibility index (Phi) is 4.98. The minimum Gasteiger partial charge on any atom is -0.384 e. The van der Waals surface area contributed by atoms with Crippen molar-refractivity contribution in [1.82, 2.24) is 24.3 Å². The van der Waals surface area contributed by atoms with E-state index >= 15 is 0 Å². The molecule has 0 saturated carbocycles. The summed E-state index contributed by atoms with van der Waals surface area (Å²) in [5, 5.41) is 10.6. The highest BCUT2D eigenvalue weighted by Gasteiger charge is 2.24. The average Bonchev–Trinajstić information content (AvgIpc) is 3.32. The molecule has 0 fully saturated rings. The molecular weight excluding hydrogens is 474 g/mol. The van der Waals surface area contributed by atoms with Crippen LogP contribution >= 0.6 is 0 Å². The van der Waals surface area contributed by atoms with Gasteiger partial charge in [0.15, 0.2) is 5.69 Å². The van der Waals surface area contributed by atoms with Crippen LogP contribution in [0.3, 0.4) is 0 Å². The third kappa shape index (κ3) is 4.53. The predicted molar refractivity (Wildman–Crippen MR) is 150 cm³/mol. The Hall–Kier alpha value is -4.48. The number of aryl methyl sites for hydroxylation is 1. The number of carbonyl (C=O) groups excluding carboxylic acids is 1. The Morgan fingerprint density at radius 2 is 1.97 bits per heavy atom. The van der Waals surface area contributed by atoms with Crippen LogP contribution in [0, 0.1) is 11.3 Å². The van der Waals surface area contributed by atoms with Gasteiger partial charge < -0.3 is 15.2 Å². The van der Waals surface area contributed by atoms with Crippen molar-refractivity contribution >= 4 is 28.3 Å². The summed E-state index contributed by atoms with van der Waals surface area (Å²) in [5.74, 6) is -0.785. The third-order valence-corrected chi connectivity index (χ3v) is 7.20. The normalized spacial score (nSPS) is 17.7. The molecule has 1 aromatic carbocycles. The lowest BCUT2D eigenvalue weighted by Crippen LogP contribution is -2.32. The van der Waals surface area contributed by atoms with E-state index in [-0.39, 0.29) is 28.0 Å². The Bertz CT molecular complexity index is 1790. The van der Waals surface area contributed by atoms with E-state index in [4.69, 9.17) is 14.0 Å². The lowest BCUT2D eigenvalue weighted by Gasteiger charge is -2.32. The van der Waals surface area contributed by atoms with Gasteiger partial charge in [-0.15, -0.1) is 0 Å². The fourth-order valence-corrected chi connectivity index (χ4v) is 5.09. The smallest absolute Gasteiger partial charge is 0.253 e. The molecule has 38 heavy (non-hydrogen) atoms. The molecule has 5 rings (SSSR count). The van der Waals surface area contributed by atoms with Gasteiger partial charge >= 0.3 is 0 Å². The van der Waals surface area contributed by atoms with Crippen molar-refractivity contribution < 1.29 is 13.0 Å². The quantitative estimate of drug-likeness (QED) is 0.419. The molecule has 0 spiro atoms. The molecule has 1 aliphatic heterocycles. The number of nitrogen functional groups attached to an aromatic ring is 1. The van der Waals surface area contributed by atoms with Crippen LogP contribution in [0.25, 0.3) is 27.7 Å². The van der Waals surface area contributed by atoms with Crippen LogP contribution in [0.4, 0.5) is 5.82 Å². The van der Waals surface area contributed by atoms with Gasteiger partial charge in [0.1, 0.15) is 17.5 Å². The molecule has 4 heterocycles. The lowest BCUT2D eigenvalue weighted by molar-refractivity contribution is 0.0827. The maximum Gasteiger partial charge on any atom is 0.253 e. The number of benzene rings is 1. The molecule has 1 aliphatic rings. The molecule has 3 aromatic heterocycles. The molecule has 4 aromatic rings. The van der Waals surface area contributed by atoms with Gasteiger partial charge in [-0.3, -0.25) is 9.69 Å². The van der Waals surface area contributed by atoms with Gasteiger partial charge in [-0.25, -0.2) is 9.97 Å². The number of pyridine rings is 2. The first-order valence-corrected chi connectivity index (χ1v) is 12.2. The molecular formula is C30H31N7O. The summed E-state index contributed by atoms with van der Waals surface area (Å²) in [6.45, 7) is -2.61. The zero-order chi connectivity index (χ0) is 32.0. The Balaban J connectivity index is 1.36. The number of nitrogens with zero attached hydrogens (tertiary/aromatic N) is 6. The second-order valence-electron chi connectivity index (χ2n) is 9.34. The maximum absolute atomic E-state index is 12.8. The number of nitriles is 1. The number of hydrogen-bond donors (Lipinski definition) is 1. The molecule has 192 valence electrons. The summed E-state index contributed by atoms with van der Waals surface area (Å²) in [6, 6.07) is 16.0. The maximum atomic E-state index is 12.8. The summed E-state index contributed by atoms with van der Waals surface area (Å²) >= 11 is 0. The van der Waals surface area contributed by atoms with Crippen molar-refractivity contribution in [2.45, 2.75) is 19.4 Å². The van der Waals surface area contributed by atoms with Crippen LogP contribution in [0.2, 0.25) is 0 Å². The minimum atomic E-state index is -3.10. The van der Waals surface area contributed by atoms with E-state index in [2.05, 4.69) is 44.6 Å². The van der Waals surface area contributed by atoms with Crippen molar-refractivity contribution in [2.24, 2.45) is 7.05 Å². The van der Waals surface area contributed by atoms with E-state index in [1.807, 2.05) is 19.2 Å². The van der Waals surface area contributed by atoms with Crippen LogP contribution < -0.4 is 5.73 Å². The van der Waals surface area contributed by atoms with Crippen LogP contribution in [0.1, 0.15) is 54.9 Å². The van der Waals surface area contributed by atoms with E-state index in [0.717, 1.165) is 46.4 Å². The second kappa shape index (κ2) is 10.1. The number of nitrogens with two attached hydrogens (primary N) is 1. The van der Waals surface area contributed by atoms with Crippen molar-refractivity contribution in [3.8, 4) is 17.2 Å². The standard InChI is InChI=1S/C30H31N7O/c1-19(37-15-12-21(13-16-37)20-5-7-22(8-6-20)30(38)35(2)3)27-17-25-23(11-14-33-29(25)36(27)4)24-9-10-28(32)34-26(24)18-31/h5-12,14,17,19H,13,15-16H2,1-4H3,(H2,32,34)/t19-/m1/s1/i2D3,3D3. The van der Waals surface area contributed by atoms with E-state index in [1.165, 1.54) is 12.1 Å². The fraction of sp³-hybridized carbons (Fsp3) is 0.267. The summed E-state index contributed by atoms with van der Waals surface area (Å²) in [7, 11) is 1.98. The summed E-state index contributed by atoms with van der Waals surface area (Å²) < 4.78 is 47.1. The largest absolute Gasteiger partial charge is 0.384 e. The Labute approximate surface area is 231 Å². The second-order valence-corrected chi connectivity index (χ2v) is 9.34. The minimum absolute atomic E-state index is 0.00643. The van der Waals surface area contributed by atoms with Gasteiger partial charge in [0.2, 0.25) is 0 Å². The summed E-state index contributed by atoms with van der Waals surface area (Å²) in [5.41, 5.74) is 11.4. The highest BCUT2D eigenvalue weighted by atomic mass is 16.2. The number of anilines is 1. The number of rotatable bonds is 5. The highest BCUT2D eigenvalue weighted by molar-refractivity contribution is 5.95. The van der Waals surface area contributed by atoms with Gasteiger partial charge in [0, 0.05) is 76.8 Å². The number of amides is 1. The molecule has 0 saturated heterocycles. The van der Waals surface area contributed by atoms with E-state index < -0.39 is 19.9 Å². The van der Waals surface area contributed by atoms with Gasteiger partial charge in [-0.2, -0.15) is 5.26 Å². The monoisotopic (exact) mass is 511 g/mol. The molecule has 8 heteroatoms. The van der Waals surface area contributed by atoms with E-state index in [1.54, 1.807) is 24.4 Å². The SMILES string of the molecule is [2H]C([2H])([2H])N(C(=O)c1ccc(C2=CCN([C@H](C)c3cc4c(-c5ccc(N)nc5C#N)ccnc4n3C)CC2)cc1)C([2H])([2H])[2H]. The molecule has 8 nitrogen and oxygen atoms in total. The van der Waals surface area contributed by atoms with Crippen molar-refractivity contribution in [3.05, 3.63) is 83.3 Å². The zero-order valence-corrected chi connectivity index (χ0v) is 21.1. The first kappa shape index (κ1) is 18.7. The van der Waals surface area contributed by atoms with Crippen LogP contribution in [0.5, 0.6) is 0 Å². The third-order valence-electron chi connectivity index (χ3n) is 7.20. The van der Waals surface area contributed by atoms with Crippen molar-refractivity contribution in [1.29, 1.82) is 5.26 Å². The first-order valence-electron chi connectivity index (χ1n) is 15.2. The van der Waals surface area contributed by atoms with Gasteiger partial charge in [-0.05, 0) is 66.4 Å². The molecule has 0 unspecified atom stereocenters. The molecule has 2 N–H and O–H groups in total.